The SMILES string of the molecule is CCCc1cc(=O)[nH]c(SC(C)C(=O)Nc2ccc(O)cc2)n1. The minimum absolute atomic E-state index is 0.139. The zero-order chi connectivity index (χ0) is 16.8. The number of anilines is 1. The number of benzene rings is 1. The van der Waals surface area contributed by atoms with E-state index in [1.165, 1.54) is 30.0 Å². The maximum atomic E-state index is 12.2. The number of carbonyl (C=O) groups excluding carboxylic acids is 1. The Balaban J connectivity index is 2.03. The van der Waals surface area contributed by atoms with Crippen molar-refractivity contribution in [1.29, 1.82) is 0 Å². The second kappa shape index (κ2) is 7.82. The molecule has 1 aromatic heterocycles. The summed E-state index contributed by atoms with van der Waals surface area (Å²) in [5, 5.41) is 12.0. The van der Waals surface area contributed by atoms with Crippen LogP contribution in [0.2, 0.25) is 0 Å². The fourth-order valence-corrected chi connectivity index (χ4v) is 2.76. The number of aromatic hydroxyl groups is 1. The van der Waals surface area contributed by atoms with Crippen molar-refractivity contribution in [2.75, 3.05) is 5.32 Å². The van der Waals surface area contributed by atoms with Crippen molar-refractivity contribution < 1.29 is 9.90 Å². The van der Waals surface area contributed by atoms with Gasteiger partial charge < -0.3 is 15.4 Å². The Hall–Kier alpha value is -2.28. The molecule has 0 aliphatic rings. The molecular formula is C16H19N3O3S. The number of aryl methyl sites for hydroxylation is 1. The van der Waals surface area contributed by atoms with Crippen LogP contribution in [0.1, 0.15) is 26.0 Å². The average Bonchev–Trinajstić information content (AvgIpc) is 2.49. The quantitative estimate of drug-likeness (QED) is 0.429. The van der Waals surface area contributed by atoms with Gasteiger partial charge in [-0.1, -0.05) is 25.1 Å². The highest BCUT2D eigenvalue weighted by Crippen LogP contribution is 2.21. The molecule has 1 aromatic carbocycles. The van der Waals surface area contributed by atoms with Gasteiger partial charge in [0.05, 0.1) is 5.25 Å². The summed E-state index contributed by atoms with van der Waals surface area (Å²) in [6.45, 7) is 3.76. The fourth-order valence-electron chi connectivity index (χ4n) is 1.93. The Morgan fingerprint density at radius 3 is 2.74 bits per heavy atom. The van der Waals surface area contributed by atoms with Gasteiger partial charge in [-0.05, 0) is 37.6 Å². The Morgan fingerprint density at radius 1 is 1.39 bits per heavy atom. The van der Waals surface area contributed by atoms with Gasteiger partial charge in [-0.25, -0.2) is 4.98 Å². The number of nitrogens with one attached hydrogen (secondary N) is 2. The van der Waals surface area contributed by atoms with Crippen LogP contribution >= 0.6 is 11.8 Å². The third-order valence-electron chi connectivity index (χ3n) is 3.07. The smallest absolute Gasteiger partial charge is 0.251 e. The van der Waals surface area contributed by atoms with Gasteiger partial charge in [0.1, 0.15) is 5.75 Å². The van der Waals surface area contributed by atoms with Crippen molar-refractivity contribution in [3.63, 3.8) is 0 Å². The number of phenols is 1. The van der Waals surface area contributed by atoms with Crippen LogP contribution in [-0.2, 0) is 11.2 Å². The van der Waals surface area contributed by atoms with Crippen molar-refractivity contribution in [3.8, 4) is 5.75 Å². The molecule has 0 aliphatic heterocycles. The summed E-state index contributed by atoms with van der Waals surface area (Å²) in [6, 6.07) is 7.72. The first kappa shape index (κ1) is 17.1. The third kappa shape index (κ3) is 5.14. The van der Waals surface area contributed by atoms with E-state index in [0.29, 0.717) is 10.8 Å². The lowest BCUT2D eigenvalue weighted by atomic mass is 10.2. The highest BCUT2D eigenvalue weighted by molar-refractivity contribution is 8.00. The largest absolute Gasteiger partial charge is 0.508 e. The number of thioether (sulfide) groups is 1. The number of nitrogens with zero attached hydrogens (tertiary/aromatic N) is 1. The van der Waals surface area contributed by atoms with E-state index in [4.69, 9.17) is 0 Å². The lowest BCUT2D eigenvalue weighted by Gasteiger charge is -2.12. The third-order valence-corrected chi connectivity index (χ3v) is 4.06. The molecule has 3 N–H and O–H groups in total. The number of aromatic amines is 1. The number of phenolic OH excluding ortho intramolecular Hbond substituents is 1. The van der Waals surface area contributed by atoms with E-state index < -0.39 is 5.25 Å². The molecule has 0 saturated carbocycles. The molecule has 6 nitrogen and oxygen atoms in total. The highest BCUT2D eigenvalue weighted by atomic mass is 32.2. The molecule has 1 atom stereocenters. The van der Waals surface area contributed by atoms with Crippen LogP contribution in [0.3, 0.4) is 0 Å². The van der Waals surface area contributed by atoms with Gasteiger partial charge in [0.2, 0.25) is 5.91 Å². The molecule has 1 heterocycles. The van der Waals surface area contributed by atoms with Crippen molar-refractivity contribution in [2.45, 2.75) is 37.1 Å². The summed E-state index contributed by atoms with van der Waals surface area (Å²) in [5.74, 6) is -0.0656. The van der Waals surface area contributed by atoms with Crippen LogP contribution in [0, 0.1) is 0 Å². The van der Waals surface area contributed by atoms with E-state index >= 15 is 0 Å². The Bertz CT molecular complexity index is 728. The van der Waals surface area contributed by atoms with Crippen LogP contribution in [-0.4, -0.2) is 26.2 Å². The zero-order valence-corrected chi connectivity index (χ0v) is 13.8. The minimum atomic E-state index is -0.427. The summed E-state index contributed by atoms with van der Waals surface area (Å²) in [6.07, 6.45) is 1.63. The molecule has 0 fully saturated rings. The van der Waals surface area contributed by atoms with Crippen molar-refractivity contribution in [3.05, 3.63) is 46.4 Å². The predicted octanol–water partition coefficient (Wildman–Crippen LogP) is 2.55. The van der Waals surface area contributed by atoms with Gasteiger partial charge in [0.25, 0.3) is 5.56 Å². The molecule has 7 heteroatoms. The Labute approximate surface area is 138 Å². The van der Waals surface area contributed by atoms with Gasteiger partial charge in [-0.2, -0.15) is 0 Å². The predicted molar refractivity (Wildman–Crippen MR) is 90.9 cm³/mol. The molecule has 122 valence electrons. The molecule has 0 spiro atoms. The van der Waals surface area contributed by atoms with Gasteiger partial charge in [0, 0.05) is 17.4 Å². The number of aromatic nitrogens is 2. The number of hydrogen-bond donors (Lipinski definition) is 3. The molecule has 0 aliphatic carbocycles. The van der Waals surface area contributed by atoms with Gasteiger partial charge in [-0.15, -0.1) is 0 Å². The van der Waals surface area contributed by atoms with E-state index in [1.807, 2.05) is 6.92 Å². The van der Waals surface area contributed by atoms with Crippen molar-refractivity contribution >= 4 is 23.4 Å². The van der Waals surface area contributed by atoms with Crippen LogP contribution in [0.4, 0.5) is 5.69 Å². The van der Waals surface area contributed by atoms with Crippen molar-refractivity contribution in [2.24, 2.45) is 0 Å². The van der Waals surface area contributed by atoms with E-state index in [2.05, 4.69) is 15.3 Å². The lowest BCUT2D eigenvalue weighted by Crippen LogP contribution is -2.23. The monoisotopic (exact) mass is 333 g/mol. The zero-order valence-electron chi connectivity index (χ0n) is 13.0. The highest BCUT2D eigenvalue weighted by Gasteiger charge is 2.16. The number of carbonyl (C=O) groups is 1. The maximum Gasteiger partial charge on any atom is 0.251 e. The summed E-state index contributed by atoms with van der Waals surface area (Å²) in [4.78, 5) is 30.8. The molecule has 2 rings (SSSR count). The molecule has 0 radical (unpaired) electrons. The standard InChI is InChI=1S/C16H19N3O3S/c1-3-4-12-9-14(21)19-16(18-12)23-10(2)15(22)17-11-5-7-13(20)8-6-11/h5-10,20H,3-4H2,1-2H3,(H,17,22)(H,18,19,21). The van der Waals surface area contributed by atoms with Crippen LogP contribution in [0.25, 0.3) is 0 Å². The van der Waals surface area contributed by atoms with Gasteiger partial charge in [0.15, 0.2) is 5.16 Å². The van der Waals surface area contributed by atoms with Crippen molar-refractivity contribution in [1.82, 2.24) is 9.97 Å². The van der Waals surface area contributed by atoms with Gasteiger partial charge >= 0.3 is 0 Å². The number of amides is 1. The molecule has 2 aromatic rings. The molecule has 1 amide bonds. The summed E-state index contributed by atoms with van der Waals surface area (Å²) < 4.78 is 0. The normalized spacial score (nSPS) is 11.9. The molecule has 1 unspecified atom stereocenters. The first-order valence-corrected chi connectivity index (χ1v) is 8.22. The maximum absolute atomic E-state index is 12.2. The topological polar surface area (TPSA) is 95.1 Å². The number of H-pyrrole nitrogens is 1. The molecular weight excluding hydrogens is 314 g/mol. The number of hydrogen-bond acceptors (Lipinski definition) is 5. The molecule has 23 heavy (non-hydrogen) atoms. The minimum Gasteiger partial charge on any atom is -0.508 e. The molecule has 0 bridgehead atoms. The summed E-state index contributed by atoms with van der Waals surface area (Å²) in [7, 11) is 0. The Kier molecular flexibility index (Phi) is 5.81. The van der Waals surface area contributed by atoms with Crippen LogP contribution in [0.15, 0.2) is 40.3 Å². The van der Waals surface area contributed by atoms with Gasteiger partial charge in [-0.3, -0.25) is 9.59 Å². The van der Waals surface area contributed by atoms with E-state index in [-0.39, 0.29) is 17.2 Å². The lowest BCUT2D eigenvalue weighted by molar-refractivity contribution is -0.115. The second-order valence-electron chi connectivity index (χ2n) is 5.09. The average molecular weight is 333 g/mol. The summed E-state index contributed by atoms with van der Waals surface area (Å²) in [5.41, 5.74) is 1.11. The van der Waals surface area contributed by atoms with Crippen LogP contribution < -0.4 is 10.9 Å². The number of rotatable bonds is 6. The molecule has 0 saturated heterocycles. The van der Waals surface area contributed by atoms with E-state index in [9.17, 15) is 14.7 Å². The Morgan fingerprint density at radius 2 is 2.09 bits per heavy atom. The van der Waals surface area contributed by atoms with E-state index in [1.54, 1.807) is 19.1 Å². The van der Waals surface area contributed by atoms with E-state index in [0.717, 1.165) is 18.5 Å². The van der Waals surface area contributed by atoms with Crippen LogP contribution in [0.5, 0.6) is 5.75 Å². The summed E-state index contributed by atoms with van der Waals surface area (Å²) >= 11 is 1.20. The first-order chi connectivity index (χ1) is 11.0. The fraction of sp³-hybridized carbons (Fsp3) is 0.312. The second-order valence-corrected chi connectivity index (χ2v) is 6.42. The first-order valence-electron chi connectivity index (χ1n) is 7.34.